The van der Waals surface area contributed by atoms with Crippen LogP contribution in [0.1, 0.15) is 40.5 Å². The van der Waals surface area contributed by atoms with Gasteiger partial charge in [0.25, 0.3) is 0 Å². The molecule has 2 N–H and O–H groups in total. The van der Waals surface area contributed by atoms with Crippen LogP contribution in [0.5, 0.6) is 5.88 Å². The summed E-state index contributed by atoms with van der Waals surface area (Å²) in [6.07, 6.45) is 3.70. The molecule has 0 saturated heterocycles. The van der Waals surface area contributed by atoms with E-state index >= 15 is 0 Å². The molecule has 2 amide bonds. The summed E-state index contributed by atoms with van der Waals surface area (Å²) in [7, 11) is 2.12. The third-order valence-corrected chi connectivity index (χ3v) is 3.46. The number of amides is 2. The number of hydrogen-bond donors (Lipinski definition) is 2. The molecular formula is C17H30N4O2. The van der Waals surface area contributed by atoms with Gasteiger partial charge in [-0.2, -0.15) is 0 Å². The Morgan fingerprint density at radius 3 is 2.57 bits per heavy atom. The van der Waals surface area contributed by atoms with E-state index in [-0.39, 0.29) is 12.1 Å². The maximum absolute atomic E-state index is 11.8. The van der Waals surface area contributed by atoms with Gasteiger partial charge < -0.3 is 20.3 Å². The number of hydrogen-bond acceptors (Lipinski definition) is 4. The van der Waals surface area contributed by atoms with Gasteiger partial charge in [-0.25, -0.2) is 9.78 Å². The molecule has 6 nitrogen and oxygen atoms in total. The fourth-order valence-corrected chi connectivity index (χ4v) is 1.89. The number of anilines is 1. The Kier molecular flexibility index (Phi) is 8.40. The van der Waals surface area contributed by atoms with E-state index < -0.39 is 0 Å². The van der Waals surface area contributed by atoms with Crippen LogP contribution < -0.4 is 15.4 Å². The van der Waals surface area contributed by atoms with Crippen molar-refractivity contribution < 1.29 is 9.53 Å². The monoisotopic (exact) mass is 322 g/mol. The molecule has 23 heavy (non-hydrogen) atoms. The van der Waals surface area contributed by atoms with E-state index in [1.165, 1.54) is 0 Å². The smallest absolute Gasteiger partial charge is 0.319 e. The second-order valence-corrected chi connectivity index (χ2v) is 6.21. The summed E-state index contributed by atoms with van der Waals surface area (Å²) in [6.45, 7) is 9.96. The summed E-state index contributed by atoms with van der Waals surface area (Å²) in [5, 5.41) is 5.62. The van der Waals surface area contributed by atoms with Crippen molar-refractivity contribution in [3.63, 3.8) is 0 Å². The molecule has 1 aromatic rings. The first-order valence-corrected chi connectivity index (χ1v) is 8.26. The zero-order chi connectivity index (χ0) is 17.2. The minimum absolute atomic E-state index is 0.0827. The molecule has 1 heterocycles. The second kappa shape index (κ2) is 10.0. The lowest BCUT2D eigenvalue weighted by Gasteiger charge is -2.20. The lowest BCUT2D eigenvalue weighted by molar-refractivity contribution is 0.232. The Labute approximate surface area is 139 Å². The molecular weight excluding hydrogens is 292 g/mol. The van der Waals surface area contributed by atoms with Gasteiger partial charge >= 0.3 is 6.03 Å². The number of carbonyl (C=O) groups is 1. The molecule has 1 aromatic heterocycles. The Bertz CT molecular complexity index is 460. The highest BCUT2D eigenvalue weighted by atomic mass is 16.5. The Balaban J connectivity index is 2.21. The van der Waals surface area contributed by atoms with E-state index in [1.54, 1.807) is 18.3 Å². The first-order chi connectivity index (χ1) is 10.9. The van der Waals surface area contributed by atoms with E-state index in [2.05, 4.69) is 41.4 Å². The summed E-state index contributed by atoms with van der Waals surface area (Å²) >= 11 is 0. The third-order valence-electron chi connectivity index (χ3n) is 3.46. The molecule has 0 bridgehead atoms. The predicted molar refractivity (Wildman–Crippen MR) is 94.0 cm³/mol. The summed E-state index contributed by atoms with van der Waals surface area (Å²) in [6, 6.07) is 3.88. The van der Waals surface area contributed by atoms with E-state index in [1.807, 2.05) is 13.8 Å². The van der Waals surface area contributed by atoms with Crippen molar-refractivity contribution in [2.75, 3.05) is 25.5 Å². The highest BCUT2D eigenvalue weighted by molar-refractivity contribution is 5.88. The Morgan fingerprint density at radius 1 is 1.26 bits per heavy atom. The molecule has 0 radical (unpaired) electrons. The van der Waals surface area contributed by atoms with Crippen LogP contribution in [0.2, 0.25) is 0 Å². The van der Waals surface area contributed by atoms with Crippen LogP contribution in [-0.2, 0) is 0 Å². The average Bonchev–Trinajstić information content (AvgIpc) is 2.48. The standard InChI is InChI=1S/C17H30N4O2/c1-13(2)21(5)11-7-6-10-18-17(22)20-15-8-9-16(19-12-15)23-14(3)4/h8-9,12-14H,6-7,10-11H2,1-5H3,(H2,18,20,22). The van der Waals surface area contributed by atoms with E-state index in [4.69, 9.17) is 4.74 Å². The molecule has 0 aliphatic rings. The summed E-state index contributed by atoms with van der Waals surface area (Å²) in [5.74, 6) is 0.556. The van der Waals surface area contributed by atoms with Crippen LogP contribution in [0.15, 0.2) is 18.3 Å². The molecule has 0 saturated carbocycles. The van der Waals surface area contributed by atoms with Crippen LogP contribution in [0.4, 0.5) is 10.5 Å². The number of rotatable bonds is 9. The van der Waals surface area contributed by atoms with Crippen molar-refractivity contribution in [1.82, 2.24) is 15.2 Å². The highest BCUT2D eigenvalue weighted by Gasteiger charge is 2.04. The van der Waals surface area contributed by atoms with Crippen LogP contribution in [0, 0.1) is 0 Å². The maximum Gasteiger partial charge on any atom is 0.319 e. The predicted octanol–water partition coefficient (Wildman–Crippen LogP) is 3.11. The number of ether oxygens (including phenoxy) is 1. The Hall–Kier alpha value is -1.82. The third kappa shape index (κ3) is 8.40. The molecule has 0 spiro atoms. The number of unbranched alkanes of at least 4 members (excludes halogenated alkanes) is 1. The van der Waals surface area contributed by atoms with E-state index in [0.717, 1.165) is 19.4 Å². The van der Waals surface area contributed by atoms with Crippen LogP contribution in [0.25, 0.3) is 0 Å². The molecule has 0 aliphatic carbocycles. The minimum Gasteiger partial charge on any atom is -0.475 e. The molecule has 130 valence electrons. The fourth-order valence-electron chi connectivity index (χ4n) is 1.89. The van der Waals surface area contributed by atoms with Crippen molar-refractivity contribution in [3.05, 3.63) is 18.3 Å². The Morgan fingerprint density at radius 2 is 2.00 bits per heavy atom. The molecule has 0 unspecified atom stereocenters. The van der Waals surface area contributed by atoms with E-state index in [9.17, 15) is 4.79 Å². The van der Waals surface area contributed by atoms with Crippen LogP contribution in [0.3, 0.4) is 0 Å². The van der Waals surface area contributed by atoms with Gasteiger partial charge in [0.2, 0.25) is 5.88 Å². The van der Waals surface area contributed by atoms with Crippen molar-refractivity contribution >= 4 is 11.7 Å². The topological polar surface area (TPSA) is 66.5 Å². The van der Waals surface area contributed by atoms with Crippen molar-refractivity contribution in [1.29, 1.82) is 0 Å². The van der Waals surface area contributed by atoms with Crippen LogP contribution >= 0.6 is 0 Å². The molecule has 6 heteroatoms. The van der Waals surface area contributed by atoms with Gasteiger partial charge in [0.15, 0.2) is 0 Å². The van der Waals surface area contributed by atoms with Gasteiger partial charge in [0, 0.05) is 18.7 Å². The van der Waals surface area contributed by atoms with Crippen molar-refractivity contribution in [2.24, 2.45) is 0 Å². The normalized spacial score (nSPS) is 11.1. The number of urea groups is 1. The maximum atomic E-state index is 11.8. The average molecular weight is 322 g/mol. The SMILES string of the molecule is CC(C)Oc1ccc(NC(=O)NCCCCN(C)C(C)C)cn1. The molecule has 1 rings (SSSR count). The van der Waals surface area contributed by atoms with E-state index in [0.29, 0.717) is 24.2 Å². The van der Waals surface area contributed by atoms with Crippen molar-refractivity contribution in [2.45, 2.75) is 52.7 Å². The van der Waals surface area contributed by atoms with Gasteiger partial charge in [-0.15, -0.1) is 0 Å². The minimum atomic E-state index is -0.207. The summed E-state index contributed by atoms with van der Waals surface area (Å²) in [4.78, 5) is 18.2. The van der Waals surface area contributed by atoms with Gasteiger partial charge in [-0.05, 0) is 60.2 Å². The number of carbonyl (C=O) groups excluding carboxylic acids is 1. The first-order valence-electron chi connectivity index (χ1n) is 8.26. The lowest BCUT2D eigenvalue weighted by atomic mass is 10.2. The number of nitrogens with one attached hydrogen (secondary N) is 2. The number of nitrogens with zero attached hydrogens (tertiary/aromatic N) is 2. The van der Waals surface area contributed by atoms with Gasteiger partial charge in [0.05, 0.1) is 18.0 Å². The van der Waals surface area contributed by atoms with Crippen LogP contribution in [-0.4, -0.2) is 48.2 Å². The van der Waals surface area contributed by atoms with Gasteiger partial charge in [-0.3, -0.25) is 0 Å². The summed E-state index contributed by atoms with van der Waals surface area (Å²) in [5.41, 5.74) is 0.651. The van der Waals surface area contributed by atoms with Gasteiger partial charge in [-0.1, -0.05) is 0 Å². The second-order valence-electron chi connectivity index (χ2n) is 6.21. The first kappa shape index (κ1) is 19.2. The molecule has 0 aromatic carbocycles. The van der Waals surface area contributed by atoms with Crippen molar-refractivity contribution in [3.8, 4) is 5.88 Å². The quantitative estimate of drug-likeness (QED) is 0.686. The molecule has 0 aliphatic heterocycles. The lowest BCUT2D eigenvalue weighted by Crippen LogP contribution is -2.31. The molecule has 0 fully saturated rings. The summed E-state index contributed by atoms with van der Waals surface area (Å²) < 4.78 is 5.46. The zero-order valence-corrected chi connectivity index (χ0v) is 14.9. The fraction of sp³-hybridized carbons (Fsp3) is 0.647. The molecule has 0 atom stereocenters. The largest absolute Gasteiger partial charge is 0.475 e. The zero-order valence-electron chi connectivity index (χ0n) is 14.9. The number of aromatic nitrogens is 1. The highest BCUT2D eigenvalue weighted by Crippen LogP contribution is 2.12. The number of pyridine rings is 1. The van der Waals surface area contributed by atoms with Gasteiger partial charge in [0.1, 0.15) is 0 Å².